The zero-order valence-electron chi connectivity index (χ0n) is 11.7. The van der Waals surface area contributed by atoms with Crippen LogP contribution >= 0.6 is 11.8 Å². The van der Waals surface area contributed by atoms with Gasteiger partial charge in [-0.3, -0.25) is 4.99 Å². The Morgan fingerprint density at radius 2 is 2.11 bits per heavy atom. The van der Waals surface area contributed by atoms with Crippen LogP contribution in [0.5, 0.6) is 0 Å². The van der Waals surface area contributed by atoms with E-state index < -0.39 is 9.84 Å². The van der Waals surface area contributed by atoms with Crippen molar-refractivity contribution in [3.8, 4) is 0 Å². The first kappa shape index (κ1) is 17.6. The summed E-state index contributed by atoms with van der Waals surface area (Å²) in [6.45, 7) is 2.83. The van der Waals surface area contributed by atoms with Crippen LogP contribution in [0.1, 0.15) is 19.8 Å². The summed E-state index contributed by atoms with van der Waals surface area (Å²) < 4.78 is 22.1. The lowest BCUT2D eigenvalue weighted by atomic mass is 10.3. The van der Waals surface area contributed by atoms with Gasteiger partial charge in [-0.2, -0.15) is 11.8 Å². The SMILES string of the molecule is CN=C(NCCCSC)NC(C)CCS(C)(=O)=O. The topological polar surface area (TPSA) is 70.6 Å². The molecule has 18 heavy (non-hydrogen) atoms. The zero-order valence-corrected chi connectivity index (χ0v) is 13.3. The molecule has 0 rings (SSSR count). The van der Waals surface area contributed by atoms with Crippen molar-refractivity contribution < 1.29 is 8.42 Å². The number of rotatable bonds is 8. The highest BCUT2D eigenvalue weighted by Crippen LogP contribution is 1.96. The van der Waals surface area contributed by atoms with Crippen molar-refractivity contribution in [1.82, 2.24) is 10.6 Å². The van der Waals surface area contributed by atoms with Gasteiger partial charge in [0, 0.05) is 25.9 Å². The molecule has 108 valence electrons. The predicted molar refractivity (Wildman–Crippen MR) is 81.3 cm³/mol. The molecule has 0 aromatic heterocycles. The van der Waals surface area contributed by atoms with Gasteiger partial charge in [-0.05, 0) is 31.8 Å². The first-order valence-electron chi connectivity index (χ1n) is 6.03. The molecule has 0 aromatic carbocycles. The van der Waals surface area contributed by atoms with Crippen LogP contribution in [0.2, 0.25) is 0 Å². The number of hydrogen-bond donors (Lipinski definition) is 2. The van der Waals surface area contributed by atoms with Crippen molar-refractivity contribution in [2.75, 3.05) is 37.6 Å². The summed E-state index contributed by atoms with van der Waals surface area (Å²) in [6, 6.07) is 0.0893. The van der Waals surface area contributed by atoms with Gasteiger partial charge < -0.3 is 10.6 Å². The van der Waals surface area contributed by atoms with Gasteiger partial charge in [-0.15, -0.1) is 0 Å². The summed E-state index contributed by atoms with van der Waals surface area (Å²) in [4.78, 5) is 4.11. The highest BCUT2D eigenvalue weighted by atomic mass is 32.2. The smallest absolute Gasteiger partial charge is 0.191 e. The second-order valence-corrected chi connectivity index (χ2v) is 7.55. The third-order valence-corrected chi connectivity index (χ3v) is 4.02. The van der Waals surface area contributed by atoms with Gasteiger partial charge in [0.15, 0.2) is 5.96 Å². The number of sulfone groups is 1. The predicted octanol–water partition coefficient (Wildman–Crippen LogP) is 0.728. The number of nitrogens with zero attached hydrogens (tertiary/aromatic N) is 1. The Hall–Kier alpha value is -0.430. The lowest BCUT2D eigenvalue weighted by molar-refractivity contribution is 0.581. The standard InChI is InChI=1S/C11H25N3O2S2/c1-10(6-9-18(4,15)16)14-11(12-2)13-7-5-8-17-3/h10H,5-9H2,1-4H3,(H2,12,13,14). The number of aliphatic imine (C=N–C) groups is 1. The molecule has 1 unspecified atom stereocenters. The number of thioether (sulfide) groups is 1. The van der Waals surface area contributed by atoms with Crippen molar-refractivity contribution in [2.45, 2.75) is 25.8 Å². The fraction of sp³-hybridized carbons (Fsp3) is 0.909. The van der Waals surface area contributed by atoms with E-state index in [0.29, 0.717) is 6.42 Å². The van der Waals surface area contributed by atoms with Gasteiger partial charge >= 0.3 is 0 Å². The molecule has 0 fully saturated rings. The van der Waals surface area contributed by atoms with E-state index in [1.54, 1.807) is 7.05 Å². The lowest BCUT2D eigenvalue weighted by Crippen LogP contribution is -2.43. The van der Waals surface area contributed by atoms with Crippen LogP contribution in [0.25, 0.3) is 0 Å². The second kappa shape index (κ2) is 9.49. The first-order chi connectivity index (χ1) is 8.39. The molecule has 0 spiro atoms. The Labute approximate surface area is 115 Å². The van der Waals surface area contributed by atoms with E-state index in [1.807, 2.05) is 18.7 Å². The molecule has 5 nitrogen and oxygen atoms in total. The Morgan fingerprint density at radius 3 is 2.61 bits per heavy atom. The van der Waals surface area contributed by atoms with Gasteiger partial charge in [-0.1, -0.05) is 0 Å². The summed E-state index contributed by atoms with van der Waals surface area (Å²) in [6.07, 6.45) is 5.01. The molecular formula is C11H25N3O2S2. The van der Waals surface area contributed by atoms with Crippen molar-refractivity contribution in [3.63, 3.8) is 0 Å². The molecule has 0 saturated heterocycles. The lowest BCUT2D eigenvalue weighted by Gasteiger charge is -2.17. The Morgan fingerprint density at radius 1 is 1.44 bits per heavy atom. The fourth-order valence-electron chi connectivity index (χ4n) is 1.31. The van der Waals surface area contributed by atoms with Crippen molar-refractivity contribution in [1.29, 1.82) is 0 Å². The maximum absolute atomic E-state index is 11.1. The third-order valence-electron chi connectivity index (χ3n) is 2.35. The van der Waals surface area contributed by atoms with Crippen molar-refractivity contribution in [2.24, 2.45) is 4.99 Å². The van der Waals surface area contributed by atoms with E-state index in [0.717, 1.165) is 24.7 Å². The normalized spacial score (nSPS) is 14.3. The highest BCUT2D eigenvalue weighted by Gasteiger charge is 2.09. The van der Waals surface area contributed by atoms with E-state index in [1.165, 1.54) is 6.26 Å². The van der Waals surface area contributed by atoms with Crippen LogP contribution in [0.3, 0.4) is 0 Å². The van der Waals surface area contributed by atoms with Gasteiger partial charge in [0.25, 0.3) is 0 Å². The molecule has 0 aliphatic carbocycles. The largest absolute Gasteiger partial charge is 0.356 e. The van der Waals surface area contributed by atoms with Crippen LogP contribution in [0.15, 0.2) is 4.99 Å². The third kappa shape index (κ3) is 10.7. The molecule has 0 radical (unpaired) electrons. The number of nitrogens with one attached hydrogen (secondary N) is 2. The fourth-order valence-corrected chi connectivity index (χ4v) is 2.53. The average Bonchev–Trinajstić information content (AvgIpc) is 2.29. The minimum atomic E-state index is -2.89. The highest BCUT2D eigenvalue weighted by molar-refractivity contribution is 7.98. The molecule has 2 N–H and O–H groups in total. The molecule has 0 bridgehead atoms. The molecule has 1 atom stereocenters. The van der Waals surface area contributed by atoms with Crippen LogP contribution in [0, 0.1) is 0 Å². The summed E-state index contributed by atoms with van der Waals surface area (Å²) in [7, 11) is -1.17. The van der Waals surface area contributed by atoms with E-state index in [2.05, 4.69) is 21.9 Å². The molecule has 7 heteroatoms. The van der Waals surface area contributed by atoms with Crippen LogP contribution in [-0.2, 0) is 9.84 Å². The van der Waals surface area contributed by atoms with Gasteiger partial charge in [0.1, 0.15) is 9.84 Å². The quantitative estimate of drug-likeness (QED) is 0.392. The van der Waals surface area contributed by atoms with Crippen molar-refractivity contribution in [3.05, 3.63) is 0 Å². The Balaban J connectivity index is 3.91. The Bertz CT molecular complexity index is 342. The number of guanidine groups is 1. The van der Waals surface area contributed by atoms with Crippen LogP contribution in [0.4, 0.5) is 0 Å². The van der Waals surface area contributed by atoms with Gasteiger partial charge in [-0.25, -0.2) is 8.42 Å². The maximum Gasteiger partial charge on any atom is 0.191 e. The van der Waals surface area contributed by atoms with E-state index in [-0.39, 0.29) is 11.8 Å². The molecule has 0 amide bonds. The minimum Gasteiger partial charge on any atom is -0.356 e. The van der Waals surface area contributed by atoms with E-state index >= 15 is 0 Å². The van der Waals surface area contributed by atoms with E-state index in [4.69, 9.17) is 0 Å². The first-order valence-corrected chi connectivity index (χ1v) is 9.48. The summed E-state index contributed by atoms with van der Waals surface area (Å²) in [5.74, 6) is 2.05. The second-order valence-electron chi connectivity index (χ2n) is 4.31. The van der Waals surface area contributed by atoms with Crippen LogP contribution in [-0.4, -0.2) is 58.0 Å². The van der Waals surface area contributed by atoms with E-state index in [9.17, 15) is 8.42 Å². The molecule has 0 aromatic rings. The number of hydrogen-bond acceptors (Lipinski definition) is 4. The molecular weight excluding hydrogens is 270 g/mol. The van der Waals surface area contributed by atoms with Gasteiger partial charge in [0.05, 0.1) is 5.75 Å². The minimum absolute atomic E-state index is 0.0893. The molecule has 0 aliphatic heterocycles. The molecule has 0 heterocycles. The summed E-state index contributed by atoms with van der Waals surface area (Å²) >= 11 is 1.82. The average molecular weight is 295 g/mol. The molecule has 0 saturated carbocycles. The summed E-state index contributed by atoms with van der Waals surface area (Å²) in [5, 5.41) is 6.39. The van der Waals surface area contributed by atoms with Crippen LogP contribution < -0.4 is 10.6 Å². The zero-order chi connectivity index (χ0) is 14.0. The molecule has 0 aliphatic rings. The monoisotopic (exact) mass is 295 g/mol. The van der Waals surface area contributed by atoms with Crippen molar-refractivity contribution >= 4 is 27.6 Å². The Kier molecular flexibility index (Phi) is 9.27. The van der Waals surface area contributed by atoms with Gasteiger partial charge in [0.2, 0.25) is 0 Å². The maximum atomic E-state index is 11.1. The summed E-state index contributed by atoms with van der Waals surface area (Å²) in [5.41, 5.74) is 0.